The van der Waals surface area contributed by atoms with Gasteiger partial charge in [-0.3, -0.25) is 0 Å². The molecule has 0 radical (unpaired) electrons. The number of nitrogens with zero attached hydrogens (tertiary/aromatic N) is 2. The second-order valence-corrected chi connectivity index (χ2v) is 6.54. The largest absolute Gasteiger partial charge is 0.494 e. The van der Waals surface area contributed by atoms with Crippen LogP contribution in [0.2, 0.25) is 0 Å². The zero-order valence-electron chi connectivity index (χ0n) is 17.2. The summed E-state index contributed by atoms with van der Waals surface area (Å²) in [6, 6.07) is 13.7. The Labute approximate surface area is 178 Å². The Morgan fingerprint density at radius 1 is 0.903 bits per heavy atom. The molecule has 0 bridgehead atoms. The lowest BCUT2D eigenvalue weighted by Crippen LogP contribution is -2.12. The van der Waals surface area contributed by atoms with Crippen LogP contribution in [0.15, 0.2) is 54.7 Å². The van der Waals surface area contributed by atoms with Gasteiger partial charge in [0.15, 0.2) is 0 Å². The van der Waals surface area contributed by atoms with Gasteiger partial charge in [-0.15, -0.1) is 0 Å². The minimum absolute atomic E-state index is 0.0260. The van der Waals surface area contributed by atoms with Gasteiger partial charge in [0.25, 0.3) is 0 Å². The highest BCUT2D eigenvalue weighted by atomic mass is 19.4. The normalized spacial score (nSPS) is 11.1. The lowest BCUT2D eigenvalue weighted by atomic mass is 10.2. The molecule has 3 rings (SSSR count). The van der Waals surface area contributed by atoms with Crippen molar-refractivity contribution < 1.29 is 22.6 Å². The van der Waals surface area contributed by atoms with E-state index in [1.54, 1.807) is 48.5 Å². The highest BCUT2D eigenvalue weighted by molar-refractivity contribution is 5.64. The van der Waals surface area contributed by atoms with E-state index >= 15 is 0 Å². The first kappa shape index (κ1) is 22.2. The Morgan fingerprint density at radius 3 is 2.35 bits per heavy atom. The minimum Gasteiger partial charge on any atom is -0.494 e. The summed E-state index contributed by atoms with van der Waals surface area (Å²) < 4.78 is 51.4. The van der Waals surface area contributed by atoms with Gasteiger partial charge in [-0.25, -0.2) is 4.98 Å². The Balaban J connectivity index is 1.85. The molecular weight excluding hydrogens is 409 g/mol. The zero-order chi connectivity index (χ0) is 22.3. The molecule has 1 heterocycles. The van der Waals surface area contributed by atoms with E-state index in [4.69, 9.17) is 9.47 Å². The van der Waals surface area contributed by atoms with E-state index < -0.39 is 11.7 Å². The molecule has 164 valence electrons. The second-order valence-electron chi connectivity index (χ2n) is 6.54. The smallest absolute Gasteiger partial charge is 0.421 e. The van der Waals surface area contributed by atoms with Gasteiger partial charge >= 0.3 is 6.18 Å². The van der Waals surface area contributed by atoms with Crippen LogP contribution < -0.4 is 20.1 Å². The highest BCUT2D eigenvalue weighted by Gasteiger charge is 2.35. The Bertz CT molecular complexity index is 995. The van der Waals surface area contributed by atoms with Gasteiger partial charge in [0.05, 0.1) is 13.2 Å². The Hall–Kier alpha value is -3.49. The van der Waals surface area contributed by atoms with Crippen molar-refractivity contribution in [1.29, 1.82) is 0 Å². The summed E-state index contributed by atoms with van der Waals surface area (Å²) >= 11 is 0. The number of hydrogen-bond donors (Lipinski definition) is 2. The van der Waals surface area contributed by atoms with Crippen molar-refractivity contribution in [2.24, 2.45) is 0 Å². The highest BCUT2D eigenvalue weighted by Crippen LogP contribution is 2.35. The molecule has 0 saturated heterocycles. The van der Waals surface area contributed by atoms with E-state index in [9.17, 15) is 13.2 Å². The molecule has 9 heteroatoms. The molecule has 0 saturated carbocycles. The Kier molecular flexibility index (Phi) is 7.17. The second kappa shape index (κ2) is 10.0. The number of halogens is 3. The fourth-order valence-corrected chi connectivity index (χ4v) is 2.70. The third-order valence-electron chi connectivity index (χ3n) is 4.09. The summed E-state index contributed by atoms with van der Waals surface area (Å²) in [4.78, 5) is 7.88. The van der Waals surface area contributed by atoms with Crippen LogP contribution in [0.1, 0.15) is 25.8 Å². The predicted octanol–water partition coefficient (Wildman–Crippen LogP) is 6.17. The molecule has 0 atom stereocenters. The first-order valence-corrected chi connectivity index (χ1v) is 9.83. The van der Waals surface area contributed by atoms with Gasteiger partial charge in [0.1, 0.15) is 22.9 Å². The zero-order valence-corrected chi connectivity index (χ0v) is 17.2. The number of alkyl halides is 3. The molecule has 0 fully saturated rings. The van der Waals surface area contributed by atoms with E-state index in [-0.39, 0.29) is 11.8 Å². The fourth-order valence-electron chi connectivity index (χ4n) is 2.70. The van der Waals surface area contributed by atoms with E-state index in [1.165, 1.54) is 0 Å². The fraction of sp³-hybridized carbons (Fsp3) is 0.273. The van der Waals surface area contributed by atoms with Crippen LogP contribution in [0, 0.1) is 0 Å². The maximum Gasteiger partial charge on any atom is 0.421 e. The number of benzene rings is 2. The minimum atomic E-state index is -4.61. The monoisotopic (exact) mass is 432 g/mol. The topological polar surface area (TPSA) is 68.3 Å². The summed E-state index contributed by atoms with van der Waals surface area (Å²) in [5.74, 6) is 0.915. The average Bonchev–Trinajstić information content (AvgIpc) is 2.73. The SMILES string of the molecule is CCCOc1cccc(Nc2nc(Nc3ccc(OCC)cc3)ncc2C(F)(F)F)c1. The van der Waals surface area contributed by atoms with E-state index in [0.29, 0.717) is 36.1 Å². The average molecular weight is 432 g/mol. The molecular formula is C22H23F3N4O2. The molecule has 3 aromatic rings. The lowest BCUT2D eigenvalue weighted by molar-refractivity contribution is -0.137. The van der Waals surface area contributed by atoms with Crippen molar-refractivity contribution in [3.63, 3.8) is 0 Å². The van der Waals surface area contributed by atoms with Crippen LogP contribution in [0.4, 0.5) is 36.3 Å². The molecule has 31 heavy (non-hydrogen) atoms. The molecule has 0 spiro atoms. The van der Waals surface area contributed by atoms with E-state index in [2.05, 4.69) is 20.6 Å². The van der Waals surface area contributed by atoms with Crippen LogP contribution in [0.25, 0.3) is 0 Å². The van der Waals surface area contributed by atoms with Crippen molar-refractivity contribution in [3.05, 3.63) is 60.3 Å². The number of nitrogens with one attached hydrogen (secondary N) is 2. The number of hydrogen-bond acceptors (Lipinski definition) is 6. The maximum atomic E-state index is 13.5. The van der Waals surface area contributed by atoms with Crippen LogP contribution >= 0.6 is 0 Å². The van der Waals surface area contributed by atoms with Crippen LogP contribution in [0.3, 0.4) is 0 Å². The summed E-state index contributed by atoms with van der Waals surface area (Å²) in [6.45, 7) is 4.90. The number of rotatable bonds is 9. The van der Waals surface area contributed by atoms with Crippen LogP contribution in [0.5, 0.6) is 11.5 Å². The standard InChI is InChI=1S/C22H23F3N4O2/c1-3-12-31-18-7-5-6-16(13-18)27-20-19(22(23,24)25)14-26-21(29-20)28-15-8-10-17(11-9-15)30-4-2/h5-11,13-14H,3-4,12H2,1-2H3,(H2,26,27,28,29). The molecule has 0 amide bonds. The maximum absolute atomic E-state index is 13.5. The third kappa shape index (κ3) is 6.24. The summed E-state index contributed by atoms with van der Waals surface area (Å²) in [5.41, 5.74) is 0.0681. The molecule has 0 aliphatic heterocycles. The summed E-state index contributed by atoms with van der Waals surface area (Å²) in [6.07, 6.45) is -3.04. The van der Waals surface area contributed by atoms with Gasteiger partial charge in [0.2, 0.25) is 5.95 Å². The molecule has 0 aliphatic rings. The molecule has 2 N–H and O–H groups in total. The van der Waals surface area contributed by atoms with Gasteiger partial charge in [-0.05, 0) is 49.7 Å². The predicted molar refractivity (Wildman–Crippen MR) is 113 cm³/mol. The molecule has 2 aromatic carbocycles. The summed E-state index contributed by atoms with van der Waals surface area (Å²) in [7, 11) is 0. The van der Waals surface area contributed by atoms with Crippen molar-refractivity contribution in [3.8, 4) is 11.5 Å². The quantitative estimate of drug-likeness (QED) is 0.421. The van der Waals surface area contributed by atoms with E-state index in [1.807, 2.05) is 13.8 Å². The third-order valence-corrected chi connectivity index (χ3v) is 4.09. The van der Waals surface area contributed by atoms with Gasteiger partial charge in [-0.1, -0.05) is 13.0 Å². The summed E-state index contributed by atoms with van der Waals surface area (Å²) in [5, 5.41) is 5.64. The number of aromatic nitrogens is 2. The number of anilines is 4. The van der Waals surface area contributed by atoms with Crippen LogP contribution in [-0.2, 0) is 6.18 Å². The van der Waals surface area contributed by atoms with Gasteiger partial charge < -0.3 is 20.1 Å². The van der Waals surface area contributed by atoms with Crippen molar-refractivity contribution in [2.75, 3.05) is 23.8 Å². The molecule has 0 aliphatic carbocycles. The molecule has 0 unspecified atom stereocenters. The first-order valence-electron chi connectivity index (χ1n) is 9.83. The lowest BCUT2D eigenvalue weighted by Gasteiger charge is -2.15. The Morgan fingerprint density at radius 2 is 1.68 bits per heavy atom. The van der Waals surface area contributed by atoms with Crippen LogP contribution in [-0.4, -0.2) is 23.2 Å². The van der Waals surface area contributed by atoms with Crippen molar-refractivity contribution >= 4 is 23.1 Å². The van der Waals surface area contributed by atoms with Crippen molar-refractivity contribution in [2.45, 2.75) is 26.4 Å². The number of ether oxygens (including phenoxy) is 2. The van der Waals surface area contributed by atoms with Gasteiger partial charge in [0, 0.05) is 23.6 Å². The molecule has 1 aromatic heterocycles. The van der Waals surface area contributed by atoms with E-state index in [0.717, 1.165) is 12.6 Å². The van der Waals surface area contributed by atoms with Gasteiger partial charge in [-0.2, -0.15) is 18.2 Å². The van der Waals surface area contributed by atoms with Crippen molar-refractivity contribution in [1.82, 2.24) is 9.97 Å². The first-order chi connectivity index (χ1) is 14.9. The molecule has 6 nitrogen and oxygen atoms in total.